The van der Waals surface area contributed by atoms with Crippen LogP contribution in [0, 0.1) is 0 Å². The SMILES string of the molecule is Nc1ncc(-c2ccc(Cl)c(Cl)c2Cl)cc1C(F)(F)F. The van der Waals surface area contributed by atoms with Gasteiger partial charge in [-0.3, -0.25) is 0 Å². The van der Waals surface area contributed by atoms with Crippen LogP contribution in [0.4, 0.5) is 19.0 Å². The minimum Gasteiger partial charge on any atom is -0.383 e. The first-order chi connectivity index (χ1) is 9.21. The van der Waals surface area contributed by atoms with Gasteiger partial charge >= 0.3 is 6.18 Å². The Labute approximate surface area is 127 Å². The number of rotatable bonds is 1. The Morgan fingerprint density at radius 2 is 1.70 bits per heavy atom. The Balaban J connectivity index is 2.63. The van der Waals surface area contributed by atoms with E-state index < -0.39 is 17.6 Å². The number of halogens is 6. The van der Waals surface area contributed by atoms with Crippen LogP contribution in [0.5, 0.6) is 0 Å². The van der Waals surface area contributed by atoms with E-state index in [1.807, 2.05) is 0 Å². The van der Waals surface area contributed by atoms with Crippen LogP contribution in [0.2, 0.25) is 15.1 Å². The molecule has 1 heterocycles. The Hall–Kier alpha value is -1.17. The molecule has 0 aliphatic heterocycles. The van der Waals surface area contributed by atoms with E-state index in [0.717, 1.165) is 6.07 Å². The molecule has 0 unspecified atom stereocenters. The average Bonchev–Trinajstić information content (AvgIpc) is 2.36. The van der Waals surface area contributed by atoms with Crippen LogP contribution in [0.15, 0.2) is 24.4 Å². The zero-order valence-corrected chi connectivity index (χ0v) is 11.9. The summed E-state index contributed by atoms with van der Waals surface area (Å²) in [5.74, 6) is -0.600. The van der Waals surface area contributed by atoms with Crippen LogP contribution in [0.3, 0.4) is 0 Å². The third kappa shape index (κ3) is 2.80. The van der Waals surface area contributed by atoms with E-state index >= 15 is 0 Å². The van der Waals surface area contributed by atoms with E-state index in [9.17, 15) is 13.2 Å². The van der Waals surface area contributed by atoms with E-state index in [0.29, 0.717) is 5.56 Å². The molecule has 2 rings (SSSR count). The molecule has 0 saturated carbocycles. The standard InChI is InChI=1S/C12H6Cl3F3N2/c13-8-2-1-6(9(14)10(8)15)5-3-7(12(16,17)18)11(19)20-4-5/h1-4H,(H2,19,20). The second kappa shape index (κ2) is 5.31. The summed E-state index contributed by atoms with van der Waals surface area (Å²) in [4.78, 5) is 3.54. The van der Waals surface area contributed by atoms with Gasteiger partial charge in [0, 0.05) is 17.3 Å². The summed E-state index contributed by atoms with van der Waals surface area (Å²) in [5.41, 5.74) is 4.64. The largest absolute Gasteiger partial charge is 0.419 e. The molecular formula is C12H6Cl3F3N2. The van der Waals surface area contributed by atoms with Gasteiger partial charge in [0.15, 0.2) is 0 Å². The van der Waals surface area contributed by atoms with Crippen LogP contribution in [-0.4, -0.2) is 4.98 Å². The number of pyridine rings is 1. The predicted molar refractivity (Wildman–Crippen MR) is 74.1 cm³/mol. The number of hydrogen-bond donors (Lipinski definition) is 1. The highest BCUT2D eigenvalue weighted by Crippen LogP contribution is 2.40. The molecule has 2 nitrogen and oxygen atoms in total. The molecule has 2 N–H and O–H groups in total. The number of nitrogens with zero attached hydrogens (tertiary/aromatic N) is 1. The van der Waals surface area contributed by atoms with E-state index in [1.54, 1.807) is 0 Å². The molecule has 0 radical (unpaired) electrons. The molecule has 1 aromatic heterocycles. The molecule has 106 valence electrons. The molecule has 0 spiro atoms. The van der Waals surface area contributed by atoms with Gasteiger partial charge in [-0.05, 0) is 12.1 Å². The van der Waals surface area contributed by atoms with E-state index in [4.69, 9.17) is 40.5 Å². The third-order valence-electron chi connectivity index (χ3n) is 2.57. The van der Waals surface area contributed by atoms with Crippen LogP contribution in [-0.2, 0) is 6.18 Å². The zero-order chi connectivity index (χ0) is 15.1. The molecule has 0 aliphatic rings. The van der Waals surface area contributed by atoms with Gasteiger partial charge < -0.3 is 5.73 Å². The van der Waals surface area contributed by atoms with Crippen molar-refractivity contribution in [1.29, 1.82) is 0 Å². The lowest BCUT2D eigenvalue weighted by molar-refractivity contribution is -0.137. The Bertz CT molecular complexity index is 672. The molecular weight excluding hydrogens is 335 g/mol. The highest BCUT2D eigenvalue weighted by molar-refractivity contribution is 6.49. The number of benzene rings is 1. The highest BCUT2D eigenvalue weighted by atomic mass is 35.5. The maximum Gasteiger partial charge on any atom is 0.419 e. The normalized spacial score (nSPS) is 11.7. The summed E-state index contributed by atoms with van der Waals surface area (Å²) in [6.07, 6.45) is -3.41. The summed E-state index contributed by atoms with van der Waals surface area (Å²) in [5, 5.41) is 0.329. The fourth-order valence-corrected chi connectivity index (χ4v) is 2.24. The summed E-state index contributed by atoms with van der Waals surface area (Å²) in [7, 11) is 0. The van der Waals surface area contributed by atoms with Gasteiger partial charge in [0.1, 0.15) is 5.82 Å². The van der Waals surface area contributed by atoms with Crippen LogP contribution in [0.1, 0.15) is 5.56 Å². The molecule has 20 heavy (non-hydrogen) atoms. The minimum atomic E-state index is -4.60. The molecule has 0 amide bonds. The maximum atomic E-state index is 12.8. The summed E-state index contributed by atoms with van der Waals surface area (Å²) in [6, 6.07) is 3.77. The highest BCUT2D eigenvalue weighted by Gasteiger charge is 2.34. The number of aromatic nitrogens is 1. The van der Waals surface area contributed by atoms with Crippen LogP contribution >= 0.6 is 34.8 Å². The van der Waals surface area contributed by atoms with Crippen molar-refractivity contribution in [1.82, 2.24) is 4.98 Å². The van der Waals surface area contributed by atoms with E-state index in [2.05, 4.69) is 4.98 Å². The Kier molecular flexibility index (Phi) is 4.04. The maximum absolute atomic E-state index is 12.8. The summed E-state index contributed by atoms with van der Waals surface area (Å²) >= 11 is 17.6. The van der Waals surface area contributed by atoms with Gasteiger partial charge in [0.05, 0.1) is 20.6 Å². The summed E-state index contributed by atoms with van der Waals surface area (Å²) in [6.45, 7) is 0. The first-order valence-electron chi connectivity index (χ1n) is 5.18. The van der Waals surface area contributed by atoms with E-state index in [1.165, 1.54) is 18.3 Å². The minimum absolute atomic E-state index is 0.0545. The van der Waals surface area contributed by atoms with Crippen molar-refractivity contribution in [2.45, 2.75) is 6.18 Å². The smallest absolute Gasteiger partial charge is 0.383 e. The lowest BCUT2D eigenvalue weighted by Gasteiger charge is -2.12. The van der Waals surface area contributed by atoms with Gasteiger partial charge in [-0.15, -0.1) is 0 Å². The first kappa shape index (κ1) is 15.2. The van der Waals surface area contributed by atoms with Gasteiger partial charge in [0.2, 0.25) is 0 Å². The van der Waals surface area contributed by atoms with Crippen molar-refractivity contribution >= 4 is 40.6 Å². The van der Waals surface area contributed by atoms with Gasteiger partial charge in [-0.2, -0.15) is 13.2 Å². The van der Waals surface area contributed by atoms with E-state index in [-0.39, 0.29) is 20.6 Å². The lowest BCUT2D eigenvalue weighted by atomic mass is 10.1. The number of alkyl halides is 3. The molecule has 8 heteroatoms. The first-order valence-corrected chi connectivity index (χ1v) is 6.31. The topological polar surface area (TPSA) is 38.9 Å². The van der Waals surface area contributed by atoms with Crippen LogP contribution < -0.4 is 5.73 Å². The Morgan fingerprint density at radius 3 is 2.30 bits per heavy atom. The van der Waals surface area contributed by atoms with Crippen molar-refractivity contribution in [2.75, 3.05) is 5.73 Å². The number of hydrogen-bond acceptors (Lipinski definition) is 2. The van der Waals surface area contributed by atoms with Crippen molar-refractivity contribution in [3.8, 4) is 11.1 Å². The second-order valence-corrected chi connectivity index (χ2v) is 5.04. The van der Waals surface area contributed by atoms with Gasteiger partial charge in [-0.25, -0.2) is 4.98 Å². The molecule has 2 aromatic rings. The number of anilines is 1. The van der Waals surface area contributed by atoms with Crippen molar-refractivity contribution < 1.29 is 13.2 Å². The molecule has 0 saturated heterocycles. The monoisotopic (exact) mass is 340 g/mol. The molecule has 1 aromatic carbocycles. The molecule has 0 aliphatic carbocycles. The lowest BCUT2D eigenvalue weighted by Crippen LogP contribution is -2.10. The second-order valence-electron chi connectivity index (χ2n) is 3.88. The third-order valence-corrected chi connectivity index (χ3v) is 3.86. The quantitative estimate of drug-likeness (QED) is 0.714. The average molecular weight is 342 g/mol. The van der Waals surface area contributed by atoms with Crippen molar-refractivity contribution in [3.05, 3.63) is 45.0 Å². The van der Waals surface area contributed by atoms with Gasteiger partial charge in [-0.1, -0.05) is 40.9 Å². The van der Waals surface area contributed by atoms with Crippen molar-refractivity contribution in [2.24, 2.45) is 0 Å². The number of nitrogens with two attached hydrogens (primary N) is 1. The van der Waals surface area contributed by atoms with Crippen LogP contribution in [0.25, 0.3) is 11.1 Å². The summed E-state index contributed by atoms with van der Waals surface area (Å²) < 4.78 is 38.4. The van der Waals surface area contributed by atoms with Crippen molar-refractivity contribution in [3.63, 3.8) is 0 Å². The molecule has 0 bridgehead atoms. The number of nitrogen functional groups attached to an aromatic ring is 1. The van der Waals surface area contributed by atoms with Gasteiger partial charge in [0.25, 0.3) is 0 Å². The molecule has 0 fully saturated rings. The fraction of sp³-hybridized carbons (Fsp3) is 0.0833. The fourth-order valence-electron chi connectivity index (χ4n) is 1.60. The molecule has 0 atom stereocenters. The Morgan fingerprint density at radius 1 is 1.05 bits per heavy atom. The zero-order valence-electron chi connectivity index (χ0n) is 9.60. The predicted octanol–water partition coefficient (Wildman–Crippen LogP) is 5.31.